The number of morpholine rings is 1. The number of hydrogen-bond acceptors (Lipinski definition) is 6. The molecule has 1 atom stereocenters. The molecule has 1 rings (SSSR count). The van der Waals surface area contributed by atoms with Crippen LogP contribution in [-0.2, 0) is 19.5 Å². The number of rotatable bonds is 5. The third-order valence-electron chi connectivity index (χ3n) is 2.41. The quantitative estimate of drug-likeness (QED) is 0.268. The topological polar surface area (TPSA) is 114 Å². The van der Waals surface area contributed by atoms with Gasteiger partial charge in [0.05, 0.1) is 19.0 Å². The Morgan fingerprint density at radius 2 is 2.41 bits per heavy atom. The predicted octanol–water partition coefficient (Wildman–Crippen LogP) is -1.59. The first-order valence-electron chi connectivity index (χ1n) is 5.07. The van der Waals surface area contributed by atoms with Gasteiger partial charge in [-0.3, -0.25) is 0 Å². The molecule has 0 spiro atoms. The Morgan fingerprint density at radius 3 is 3.00 bits per heavy atom. The lowest BCUT2D eigenvalue weighted by molar-refractivity contribution is 0.0353. The SMILES string of the molecule is COCCS(=O)(=O)N1CCOC(C(N)=NO)C1. The van der Waals surface area contributed by atoms with Crippen molar-refractivity contribution in [2.24, 2.45) is 10.9 Å². The predicted molar refractivity (Wildman–Crippen MR) is 60.4 cm³/mol. The zero-order valence-corrected chi connectivity index (χ0v) is 10.4. The van der Waals surface area contributed by atoms with Crippen LogP contribution in [0.15, 0.2) is 5.16 Å². The molecule has 17 heavy (non-hydrogen) atoms. The molecule has 3 N–H and O–H groups in total. The summed E-state index contributed by atoms with van der Waals surface area (Å²) in [6.07, 6.45) is -0.703. The second-order valence-corrected chi connectivity index (χ2v) is 5.64. The third-order valence-corrected chi connectivity index (χ3v) is 4.21. The maximum absolute atomic E-state index is 11.8. The van der Waals surface area contributed by atoms with Gasteiger partial charge in [-0.25, -0.2) is 8.42 Å². The van der Waals surface area contributed by atoms with Crippen LogP contribution < -0.4 is 5.73 Å². The van der Waals surface area contributed by atoms with Gasteiger partial charge in [-0.05, 0) is 0 Å². The summed E-state index contributed by atoms with van der Waals surface area (Å²) in [6.45, 7) is 0.671. The van der Waals surface area contributed by atoms with Gasteiger partial charge in [-0.1, -0.05) is 5.16 Å². The van der Waals surface area contributed by atoms with Crippen molar-refractivity contribution in [3.63, 3.8) is 0 Å². The maximum atomic E-state index is 11.8. The highest BCUT2D eigenvalue weighted by molar-refractivity contribution is 7.89. The fourth-order valence-electron chi connectivity index (χ4n) is 1.44. The average Bonchev–Trinajstić information content (AvgIpc) is 2.35. The largest absolute Gasteiger partial charge is 0.409 e. The Kier molecular flexibility index (Phi) is 5.12. The number of ether oxygens (including phenoxy) is 2. The summed E-state index contributed by atoms with van der Waals surface area (Å²) in [5.74, 6) is -0.219. The van der Waals surface area contributed by atoms with Gasteiger partial charge in [0.2, 0.25) is 10.0 Å². The van der Waals surface area contributed by atoms with Crippen LogP contribution in [-0.4, -0.2) is 69.0 Å². The molecule has 8 nitrogen and oxygen atoms in total. The van der Waals surface area contributed by atoms with E-state index in [-0.39, 0.29) is 37.9 Å². The first-order valence-corrected chi connectivity index (χ1v) is 6.68. The second kappa shape index (κ2) is 6.15. The van der Waals surface area contributed by atoms with E-state index in [0.29, 0.717) is 0 Å². The minimum Gasteiger partial charge on any atom is -0.409 e. The van der Waals surface area contributed by atoms with Crippen LogP contribution in [0.3, 0.4) is 0 Å². The van der Waals surface area contributed by atoms with Crippen LogP contribution in [0.2, 0.25) is 0 Å². The Morgan fingerprint density at radius 1 is 1.71 bits per heavy atom. The van der Waals surface area contributed by atoms with Gasteiger partial charge in [-0.2, -0.15) is 4.31 Å². The molecule has 0 saturated carbocycles. The van der Waals surface area contributed by atoms with Crippen molar-refractivity contribution in [3.8, 4) is 0 Å². The maximum Gasteiger partial charge on any atom is 0.216 e. The van der Waals surface area contributed by atoms with Crippen molar-refractivity contribution in [1.29, 1.82) is 0 Å². The van der Waals surface area contributed by atoms with Crippen LogP contribution >= 0.6 is 0 Å². The monoisotopic (exact) mass is 267 g/mol. The van der Waals surface area contributed by atoms with E-state index in [9.17, 15) is 8.42 Å². The number of oxime groups is 1. The third kappa shape index (κ3) is 3.80. The van der Waals surface area contributed by atoms with Crippen molar-refractivity contribution in [2.45, 2.75) is 6.10 Å². The number of amidine groups is 1. The Hall–Kier alpha value is -0.900. The lowest BCUT2D eigenvalue weighted by Gasteiger charge is -2.31. The molecule has 0 aliphatic carbocycles. The number of nitrogens with zero attached hydrogens (tertiary/aromatic N) is 2. The van der Waals surface area contributed by atoms with E-state index in [2.05, 4.69) is 5.16 Å². The molecule has 0 amide bonds. The van der Waals surface area contributed by atoms with Crippen molar-refractivity contribution in [1.82, 2.24) is 4.31 Å². The molecule has 9 heteroatoms. The first kappa shape index (κ1) is 14.2. The molecule has 0 bridgehead atoms. The van der Waals surface area contributed by atoms with E-state index in [1.165, 1.54) is 11.4 Å². The second-order valence-electron chi connectivity index (χ2n) is 3.55. The van der Waals surface area contributed by atoms with Crippen LogP contribution in [0.4, 0.5) is 0 Å². The Balaban J connectivity index is 2.66. The van der Waals surface area contributed by atoms with Crippen molar-refractivity contribution >= 4 is 15.9 Å². The van der Waals surface area contributed by atoms with Crippen LogP contribution in [0.5, 0.6) is 0 Å². The molecular weight excluding hydrogens is 250 g/mol. The van der Waals surface area contributed by atoms with E-state index in [4.69, 9.17) is 20.4 Å². The normalized spacial score (nSPS) is 23.8. The fraction of sp³-hybridized carbons (Fsp3) is 0.875. The summed E-state index contributed by atoms with van der Waals surface area (Å²) < 4.78 is 34.9. The van der Waals surface area contributed by atoms with Crippen molar-refractivity contribution in [2.75, 3.05) is 39.2 Å². The van der Waals surface area contributed by atoms with Crippen molar-refractivity contribution < 1.29 is 23.1 Å². The lowest BCUT2D eigenvalue weighted by Crippen LogP contribution is -2.51. The molecule has 0 aromatic rings. The molecule has 0 aromatic carbocycles. The Labute approximate surface area is 100 Å². The molecule has 1 unspecified atom stereocenters. The number of sulfonamides is 1. The summed E-state index contributed by atoms with van der Waals surface area (Å²) in [5, 5.41) is 11.3. The summed E-state index contributed by atoms with van der Waals surface area (Å²) in [5.41, 5.74) is 5.38. The summed E-state index contributed by atoms with van der Waals surface area (Å²) in [4.78, 5) is 0. The van der Waals surface area contributed by atoms with Gasteiger partial charge in [0.1, 0.15) is 6.10 Å². The zero-order valence-electron chi connectivity index (χ0n) is 9.57. The van der Waals surface area contributed by atoms with Gasteiger partial charge in [0, 0.05) is 20.2 Å². The zero-order chi connectivity index (χ0) is 12.9. The highest BCUT2D eigenvalue weighted by atomic mass is 32.2. The van der Waals surface area contributed by atoms with Crippen LogP contribution in [0.25, 0.3) is 0 Å². The van der Waals surface area contributed by atoms with E-state index < -0.39 is 16.1 Å². The van der Waals surface area contributed by atoms with Crippen LogP contribution in [0, 0.1) is 0 Å². The van der Waals surface area contributed by atoms with Crippen LogP contribution in [0.1, 0.15) is 0 Å². The molecule has 1 aliphatic heterocycles. The highest BCUT2D eigenvalue weighted by Gasteiger charge is 2.31. The molecule has 0 radical (unpaired) electrons. The van der Waals surface area contributed by atoms with E-state index in [1.807, 2.05) is 0 Å². The minimum absolute atomic E-state index is 0.0575. The van der Waals surface area contributed by atoms with Gasteiger partial charge >= 0.3 is 0 Å². The summed E-state index contributed by atoms with van der Waals surface area (Å²) >= 11 is 0. The van der Waals surface area contributed by atoms with E-state index in [1.54, 1.807) is 0 Å². The molecule has 1 aliphatic rings. The number of methoxy groups -OCH3 is 1. The number of nitrogens with two attached hydrogens (primary N) is 1. The summed E-state index contributed by atoms with van der Waals surface area (Å²) in [6, 6.07) is 0. The molecule has 100 valence electrons. The molecular formula is C8H17N3O5S. The molecule has 1 fully saturated rings. The van der Waals surface area contributed by atoms with Gasteiger partial charge in [0.15, 0.2) is 5.84 Å². The molecule has 0 aromatic heterocycles. The highest BCUT2D eigenvalue weighted by Crippen LogP contribution is 2.10. The van der Waals surface area contributed by atoms with Gasteiger partial charge < -0.3 is 20.4 Å². The summed E-state index contributed by atoms with van der Waals surface area (Å²) in [7, 11) is -1.95. The van der Waals surface area contributed by atoms with E-state index >= 15 is 0 Å². The smallest absolute Gasteiger partial charge is 0.216 e. The first-order chi connectivity index (χ1) is 8.01. The Bertz CT molecular complexity index is 369. The molecule has 1 heterocycles. The van der Waals surface area contributed by atoms with Gasteiger partial charge in [0.25, 0.3) is 0 Å². The van der Waals surface area contributed by atoms with Gasteiger partial charge in [-0.15, -0.1) is 0 Å². The fourth-order valence-corrected chi connectivity index (χ4v) is 2.79. The standard InChI is InChI=1S/C8H17N3O5S/c1-15-4-5-17(13,14)11-2-3-16-7(6-11)8(9)10-12/h7,12H,2-6H2,1H3,(H2,9,10). The average molecular weight is 267 g/mol. The lowest BCUT2D eigenvalue weighted by atomic mass is 10.3. The molecule has 1 saturated heterocycles. The number of hydrogen-bond donors (Lipinski definition) is 2. The minimum atomic E-state index is -3.38. The van der Waals surface area contributed by atoms with E-state index in [0.717, 1.165) is 0 Å². The van der Waals surface area contributed by atoms with Crippen molar-refractivity contribution in [3.05, 3.63) is 0 Å².